The van der Waals surface area contributed by atoms with Gasteiger partial charge in [-0.05, 0) is 63.4 Å². The highest BCUT2D eigenvalue weighted by Gasteiger charge is 2.21. The summed E-state index contributed by atoms with van der Waals surface area (Å²) in [6.07, 6.45) is 3.85. The molecule has 1 aliphatic rings. The highest BCUT2D eigenvalue weighted by atomic mass is 79.9. The van der Waals surface area contributed by atoms with Crippen molar-refractivity contribution in [3.63, 3.8) is 0 Å². The first-order valence-electron chi connectivity index (χ1n) is 6.80. The van der Waals surface area contributed by atoms with E-state index in [0.29, 0.717) is 5.75 Å². The van der Waals surface area contributed by atoms with Crippen molar-refractivity contribution in [2.24, 2.45) is 5.92 Å². The van der Waals surface area contributed by atoms with Crippen LogP contribution in [0.5, 0.6) is 5.75 Å². The number of nitrogens with zero attached hydrogens (tertiary/aromatic N) is 1. The molecule has 100 valence electrons. The first kappa shape index (κ1) is 13.9. The van der Waals surface area contributed by atoms with Gasteiger partial charge < -0.3 is 5.11 Å². The number of rotatable bonds is 2. The molecular formula is C15H22BrNO. The van der Waals surface area contributed by atoms with Crippen LogP contribution in [-0.2, 0) is 0 Å². The van der Waals surface area contributed by atoms with Crippen molar-refractivity contribution < 1.29 is 5.11 Å². The summed E-state index contributed by atoms with van der Waals surface area (Å²) >= 11 is 3.48. The van der Waals surface area contributed by atoms with Gasteiger partial charge in [0.1, 0.15) is 5.75 Å². The molecule has 1 heterocycles. The quantitative estimate of drug-likeness (QED) is 0.878. The van der Waals surface area contributed by atoms with Crippen LogP contribution in [-0.4, -0.2) is 23.1 Å². The number of aromatic hydroxyl groups is 1. The molecule has 3 heteroatoms. The number of hydrogen-bond acceptors (Lipinski definition) is 2. The zero-order valence-electron chi connectivity index (χ0n) is 11.2. The van der Waals surface area contributed by atoms with Crippen molar-refractivity contribution in [2.75, 3.05) is 13.1 Å². The van der Waals surface area contributed by atoms with E-state index in [1.807, 2.05) is 12.1 Å². The molecule has 0 bridgehead atoms. The standard InChI is InChI=1S/C15H22BrNO/c1-11-4-3-8-17(9-7-11)12(2)14-10-13(16)5-6-15(14)18/h5-6,10-12,18H,3-4,7-9H2,1-2H3. The third-order valence-electron chi connectivity index (χ3n) is 4.04. The smallest absolute Gasteiger partial charge is 0.120 e. The largest absolute Gasteiger partial charge is 0.508 e. The zero-order chi connectivity index (χ0) is 13.1. The molecule has 1 aliphatic heterocycles. The maximum atomic E-state index is 10.0. The molecule has 0 amide bonds. The lowest BCUT2D eigenvalue weighted by Gasteiger charge is -2.28. The number of benzene rings is 1. The molecule has 1 saturated heterocycles. The Morgan fingerprint density at radius 1 is 1.33 bits per heavy atom. The normalized spacial score (nSPS) is 23.6. The van der Waals surface area contributed by atoms with E-state index < -0.39 is 0 Å². The lowest BCUT2D eigenvalue weighted by atomic mass is 10.0. The van der Waals surface area contributed by atoms with Gasteiger partial charge in [-0.2, -0.15) is 0 Å². The molecule has 2 unspecified atom stereocenters. The van der Waals surface area contributed by atoms with E-state index in [2.05, 4.69) is 34.7 Å². The molecule has 0 saturated carbocycles. The summed E-state index contributed by atoms with van der Waals surface area (Å²) in [5.74, 6) is 1.24. The predicted octanol–water partition coefficient (Wildman–Crippen LogP) is 4.34. The summed E-state index contributed by atoms with van der Waals surface area (Å²) in [4.78, 5) is 2.49. The number of phenolic OH excluding ortho intramolecular Hbond substituents is 1. The van der Waals surface area contributed by atoms with Crippen molar-refractivity contribution in [1.82, 2.24) is 4.90 Å². The van der Waals surface area contributed by atoms with Gasteiger partial charge in [0, 0.05) is 16.1 Å². The topological polar surface area (TPSA) is 23.5 Å². The molecule has 0 aromatic heterocycles. The first-order valence-corrected chi connectivity index (χ1v) is 7.59. The number of halogens is 1. The minimum Gasteiger partial charge on any atom is -0.508 e. The van der Waals surface area contributed by atoms with Crippen LogP contribution in [0.3, 0.4) is 0 Å². The molecule has 2 rings (SSSR count). The SMILES string of the molecule is CC1CCCN(C(C)c2cc(Br)ccc2O)CC1. The number of hydrogen-bond donors (Lipinski definition) is 1. The van der Waals surface area contributed by atoms with E-state index in [4.69, 9.17) is 0 Å². The number of likely N-dealkylation sites (tertiary alicyclic amines) is 1. The minimum absolute atomic E-state index is 0.285. The predicted molar refractivity (Wildman–Crippen MR) is 78.8 cm³/mol. The average molecular weight is 312 g/mol. The van der Waals surface area contributed by atoms with Crippen LogP contribution in [0, 0.1) is 5.92 Å². The Kier molecular flexibility index (Phi) is 4.68. The molecule has 1 aromatic carbocycles. The van der Waals surface area contributed by atoms with Gasteiger partial charge in [0.2, 0.25) is 0 Å². The molecule has 18 heavy (non-hydrogen) atoms. The Morgan fingerprint density at radius 3 is 2.89 bits per heavy atom. The summed E-state index contributed by atoms with van der Waals surface area (Å²) in [5.41, 5.74) is 1.03. The Hall–Kier alpha value is -0.540. The van der Waals surface area contributed by atoms with Gasteiger partial charge >= 0.3 is 0 Å². The zero-order valence-corrected chi connectivity index (χ0v) is 12.8. The summed E-state index contributed by atoms with van der Waals surface area (Å²) < 4.78 is 1.03. The van der Waals surface area contributed by atoms with Crippen LogP contribution in [0.2, 0.25) is 0 Å². The van der Waals surface area contributed by atoms with Crippen molar-refractivity contribution in [3.05, 3.63) is 28.2 Å². The van der Waals surface area contributed by atoms with Gasteiger partial charge in [0.05, 0.1) is 0 Å². The van der Waals surface area contributed by atoms with Crippen molar-refractivity contribution in [1.29, 1.82) is 0 Å². The van der Waals surface area contributed by atoms with Gasteiger partial charge in [-0.15, -0.1) is 0 Å². The fraction of sp³-hybridized carbons (Fsp3) is 0.600. The maximum Gasteiger partial charge on any atom is 0.120 e. The second-order valence-corrected chi connectivity index (χ2v) is 6.37. The average Bonchev–Trinajstić information content (AvgIpc) is 2.56. The summed E-state index contributed by atoms with van der Waals surface area (Å²) in [7, 11) is 0. The van der Waals surface area contributed by atoms with E-state index in [-0.39, 0.29) is 6.04 Å². The summed E-state index contributed by atoms with van der Waals surface area (Å²) in [6.45, 7) is 6.80. The monoisotopic (exact) mass is 311 g/mol. The Morgan fingerprint density at radius 2 is 2.11 bits per heavy atom. The highest BCUT2D eigenvalue weighted by molar-refractivity contribution is 9.10. The first-order chi connectivity index (χ1) is 8.58. The molecule has 1 N–H and O–H groups in total. The lowest BCUT2D eigenvalue weighted by molar-refractivity contribution is 0.213. The second-order valence-electron chi connectivity index (χ2n) is 5.45. The Labute approximate surface area is 118 Å². The van der Waals surface area contributed by atoms with Crippen molar-refractivity contribution in [2.45, 2.75) is 39.2 Å². The fourth-order valence-corrected chi connectivity index (χ4v) is 3.11. The number of phenols is 1. The van der Waals surface area contributed by atoms with E-state index in [1.54, 1.807) is 6.07 Å². The third-order valence-corrected chi connectivity index (χ3v) is 4.53. The third kappa shape index (κ3) is 3.27. The second kappa shape index (κ2) is 6.07. The van der Waals surface area contributed by atoms with Crippen LogP contribution >= 0.6 is 15.9 Å². The Bertz CT molecular complexity index is 407. The maximum absolute atomic E-state index is 10.0. The molecule has 1 fully saturated rings. The lowest BCUT2D eigenvalue weighted by Crippen LogP contribution is -2.28. The van der Waals surface area contributed by atoms with Crippen LogP contribution in [0.25, 0.3) is 0 Å². The van der Waals surface area contributed by atoms with Gasteiger partial charge in [0.25, 0.3) is 0 Å². The van der Waals surface area contributed by atoms with Crippen LogP contribution < -0.4 is 0 Å². The molecule has 0 spiro atoms. The van der Waals surface area contributed by atoms with Gasteiger partial charge in [-0.3, -0.25) is 4.90 Å². The summed E-state index contributed by atoms with van der Waals surface area (Å²) in [6, 6.07) is 5.98. The van der Waals surface area contributed by atoms with E-state index >= 15 is 0 Å². The van der Waals surface area contributed by atoms with E-state index in [9.17, 15) is 5.11 Å². The highest BCUT2D eigenvalue weighted by Crippen LogP contribution is 2.32. The molecule has 0 aliphatic carbocycles. The van der Waals surface area contributed by atoms with Gasteiger partial charge in [0.15, 0.2) is 0 Å². The van der Waals surface area contributed by atoms with Gasteiger partial charge in [-0.1, -0.05) is 22.9 Å². The Balaban J connectivity index is 2.14. The molecule has 1 aromatic rings. The van der Waals surface area contributed by atoms with E-state index in [1.165, 1.54) is 19.3 Å². The van der Waals surface area contributed by atoms with E-state index in [0.717, 1.165) is 29.0 Å². The molecular weight excluding hydrogens is 290 g/mol. The van der Waals surface area contributed by atoms with Crippen molar-refractivity contribution in [3.8, 4) is 5.75 Å². The summed E-state index contributed by atoms with van der Waals surface area (Å²) in [5, 5.41) is 10.0. The van der Waals surface area contributed by atoms with Crippen LogP contribution in [0.15, 0.2) is 22.7 Å². The minimum atomic E-state index is 0.285. The molecule has 2 atom stereocenters. The van der Waals surface area contributed by atoms with Crippen molar-refractivity contribution >= 4 is 15.9 Å². The molecule has 0 radical (unpaired) electrons. The molecule has 2 nitrogen and oxygen atoms in total. The van der Waals surface area contributed by atoms with Crippen LogP contribution in [0.1, 0.15) is 44.7 Å². The fourth-order valence-electron chi connectivity index (χ4n) is 2.73. The van der Waals surface area contributed by atoms with Crippen LogP contribution in [0.4, 0.5) is 0 Å². The van der Waals surface area contributed by atoms with Gasteiger partial charge in [-0.25, -0.2) is 0 Å².